The number of carbonyl (C=O) groups excluding carboxylic acids is 1. The third-order valence-corrected chi connectivity index (χ3v) is 3.14. The molecule has 1 aromatic carbocycles. The van der Waals surface area contributed by atoms with Gasteiger partial charge in [0, 0.05) is 12.1 Å². The SMILES string of the molecule is CCn1ncc(Br)c1C(=O)c1cc(F)c(F)c(F)c1. The van der Waals surface area contributed by atoms with Crippen LogP contribution in [0.3, 0.4) is 0 Å². The van der Waals surface area contributed by atoms with E-state index in [1.54, 1.807) is 6.92 Å². The van der Waals surface area contributed by atoms with Crippen molar-refractivity contribution in [1.82, 2.24) is 9.78 Å². The van der Waals surface area contributed by atoms with Gasteiger partial charge in [-0.15, -0.1) is 0 Å². The average Bonchev–Trinajstić information content (AvgIpc) is 2.75. The Morgan fingerprint density at radius 2 is 1.89 bits per heavy atom. The van der Waals surface area contributed by atoms with Gasteiger partial charge in [0.25, 0.3) is 0 Å². The molecule has 0 fully saturated rings. The molecule has 0 saturated heterocycles. The molecule has 2 aromatic rings. The highest BCUT2D eigenvalue weighted by molar-refractivity contribution is 9.10. The zero-order valence-electron chi connectivity index (χ0n) is 9.75. The van der Waals surface area contributed by atoms with Crippen molar-refractivity contribution in [3.63, 3.8) is 0 Å². The molecule has 0 spiro atoms. The van der Waals surface area contributed by atoms with Crippen LogP contribution in [0.4, 0.5) is 13.2 Å². The van der Waals surface area contributed by atoms with Gasteiger partial charge in [-0.1, -0.05) is 0 Å². The summed E-state index contributed by atoms with van der Waals surface area (Å²) in [6.07, 6.45) is 1.41. The van der Waals surface area contributed by atoms with E-state index in [1.165, 1.54) is 10.9 Å². The fraction of sp³-hybridized carbons (Fsp3) is 0.167. The summed E-state index contributed by atoms with van der Waals surface area (Å²) in [6.45, 7) is 2.18. The van der Waals surface area contributed by atoms with Gasteiger partial charge in [0.05, 0.1) is 10.7 Å². The van der Waals surface area contributed by atoms with Gasteiger partial charge in [0.1, 0.15) is 5.69 Å². The van der Waals surface area contributed by atoms with Crippen molar-refractivity contribution in [3.05, 3.63) is 51.5 Å². The lowest BCUT2D eigenvalue weighted by molar-refractivity contribution is 0.102. The largest absolute Gasteiger partial charge is 0.287 e. The quantitative estimate of drug-likeness (QED) is 0.638. The Labute approximate surface area is 115 Å². The van der Waals surface area contributed by atoms with E-state index in [2.05, 4.69) is 21.0 Å². The standard InChI is InChI=1S/C12H8BrF3N2O/c1-2-18-11(7(13)5-17-18)12(19)6-3-8(14)10(16)9(15)4-6/h3-5H,2H2,1H3. The highest BCUT2D eigenvalue weighted by Gasteiger charge is 2.21. The van der Waals surface area contributed by atoms with Crippen LogP contribution in [0.15, 0.2) is 22.8 Å². The minimum Gasteiger partial charge on any atom is -0.287 e. The topological polar surface area (TPSA) is 34.9 Å². The number of halogens is 4. The van der Waals surface area contributed by atoms with Crippen LogP contribution in [0.2, 0.25) is 0 Å². The van der Waals surface area contributed by atoms with Gasteiger partial charge < -0.3 is 0 Å². The van der Waals surface area contributed by atoms with Crippen LogP contribution < -0.4 is 0 Å². The second-order valence-electron chi connectivity index (χ2n) is 3.74. The summed E-state index contributed by atoms with van der Waals surface area (Å²) >= 11 is 3.14. The summed E-state index contributed by atoms with van der Waals surface area (Å²) in [5.41, 5.74) is -0.111. The second kappa shape index (κ2) is 5.16. The number of aryl methyl sites for hydroxylation is 1. The first-order chi connectivity index (χ1) is 8.95. The molecule has 100 valence electrons. The van der Waals surface area contributed by atoms with E-state index in [1.807, 2.05) is 0 Å². The molecule has 0 amide bonds. The Balaban J connectivity index is 2.53. The molecule has 2 rings (SSSR count). The summed E-state index contributed by atoms with van der Waals surface area (Å²) in [5, 5.41) is 3.93. The first-order valence-electron chi connectivity index (χ1n) is 5.36. The first-order valence-corrected chi connectivity index (χ1v) is 6.15. The minimum atomic E-state index is -1.60. The van der Waals surface area contributed by atoms with Gasteiger partial charge in [-0.05, 0) is 35.0 Å². The van der Waals surface area contributed by atoms with Crippen LogP contribution in [-0.4, -0.2) is 15.6 Å². The molecule has 0 aliphatic carbocycles. The van der Waals surface area contributed by atoms with Crippen LogP contribution in [0.1, 0.15) is 23.0 Å². The lowest BCUT2D eigenvalue weighted by Crippen LogP contribution is -2.12. The fourth-order valence-corrected chi connectivity index (χ4v) is 2.13. The number of benzene rings is 1. The molecule has 0 bridgehead atoms. The number of aromatic nitrogens is 2. The summed E-state index contributed by atoms with van der Waals surface area (Å²) in [6, 6.07) is 1.33. The molecule has 0 N–H and O–H groups in total. The molecule has 0 radical (unpaired) electrons. The van der Waals surface area contributed by atoms with Gasteiger partial charge >= 0.3 is 0 Å². The molecule has 0 unspecified atom stereocenters. The minimum absolute atomic E-state index is 0.160. The predicted octanol–water partition coefficient (Wildman–Crippen LogP) is 3.31. The number of hydrogen-bond donors (Lipinski definition) is 0. The molecular weight excluding hydrogens is 325 g/mol. The van der Waals surface area contributed by atoms with E-state index in [4.69, 9.17) is 0 Å². The zero-order chi connectivity index (χ0) is 14.2. The maximum atomic E-state index is 13.1. The van der Waals surface area contributed by atoms with Crippen molar-refractivity contribution in [3.8, 4) is 0 Å². The van der Waals surface area contributed by atoms with Crippen LogP contribution >= 0.6 is 15.9 Å². The van der Waals surface area contributed by atoms with Crippen LogP contribution in [0.5, 0.6) is 0 Å². The van der Waals surface area contributed by atoms with Crippen molar-refractivity contribution in [2.24, 2.45) is 0 Å². The van der Waals surface area contributed by atoms with Crippen molar-refractivity contribution in [1.29, 1.82) is 0 Å². The van der Waals surface area contributed by atoms with Crippen LogP contribution in [0, 0.1) is 17.5 Å². The van der Waals surface area contributed by atoms with Crippen LogP contribution in [0.25, 0.3) is 0 Å². The molecule has 0 saturated carbocycles. The van der Waals surface area contributed by atoms with Crippen molar-refractivity contribution in [2.75, 3.05) is 0 Å². The van der Waals surface area contributed by atoms with Crippen LogP contribution in [-0.2, 0) is 6.54 Å². The van der Waals surface area contributed by atoms with E-state index >= 15 is 0 Å². The molecule has 0 aliphatic heterocycles. The monoisotopic (exact) mass is 332 g/mol. The van der Waals surface area contributed by atoms with Gasteiger partial charge in [-0.2, -0.15) is 5.10 Å². The third-order valence-electron chi connectivity index (χ3n) is 2.56. The van der Waals surface area contributed by atoms with E-state index in [9.17, 15) is 18.0 Å². The number of ketones is 1. The Kier molecular flexibility index (Phi) is 3.75. The highest BCUT2D eigenvalue weighted by Crippen LogP contribution is 2.22. The Morgan fingerprint density at radius 3 is 2.42 bits per heavy atom. The number of hydrogen-bond acceptors (Lipinski definition) is 2. The number of rotatable bonds is 3. The van der Waals surface area contributed by atoms with E-state index in [-0.39, 0.29) is 11.3 Å². The maximum absolute atomic E-state index is 13.1. The summed E-state index contributed by atoms with van der Waals surface area (Å²) in [4.78, 5) is 12.2. The molecule has 1 heterocycles. The second-order valence-corrected chi connectivity index (χ2v) is 4.59. The van der Waals surface area contributed by atoms with E-state index < -0.39 is 23.2 Å². The normalized spacial score (nSPS) is 10.8. The lowest BCUT2D eigenvalue weighted by Gasteiger charge is -2.06. The lowest BCUT2D eigenvalue weighted by atomic mass is 10.1. The first kappa shape index (κ1) is 13.8. The summed E-state index contributed by atoms with van der Waals surface area (Å²) in [5.74, 6) is -5.03. The molecule has 0 atom stereocenters. The molecule has 19 heavy (non-hydrogen) atoms. The fourth-order valence-electron chi connectivity index (χ4n) is 1.65. The molecule has 3 nitrogen and oxygen atoms in total. The average molecular weight is 333 g/mol. The molecular formula is C12H8BrF3N2O. The van der Waals surface area contributed by atoms with Crippen molar-refractivity contribution >= 4 is 21.7 Å². The number of carbonyl (C=O) groups is 1. The zero-order valence-corrected chi connectivity index (χ0v) is 11.3. The van der Waals surface area contributed by atoms with Crippen molar-refractivity contribution in [2.45, 2.75) is 13.5 Å². The molecule has 0 aliphatic rings. The Morgan fingerprint density at radius 1 is 1.32 bits per heavy atom. The molecule has 1 aromatic heterocycles. The summed E-state index contributed by atoms with van der Waals surface area (Å²) in [7, 11) is 0. The smallest absolute Gasteiger partial charge is 0.212 e. The number of nitrogens with zero attached hydrogens (tertiary/aromatic N) is 2. The van der Waals surface area contributed by atoms with Crippen molar-refractivity contribution < 1.29 is 18.0 Å². The third kappa shape index (κ3) is 2.42. The van der Waals surface area contributed by atoms with Gasteiger partial charge in [-0.3, -0.25) is 9.48 Å². The Bertz CT molecular complexity index is 631. The Hall–Kier alpha value is -1.63. The van der Waals surface area contributed by atoms with Gasteiger partial charge in [0.2, 0.25) is 5.78 Å². The van der Waals surface area contributed by atoms with E-state index in [0.717, 1.165) is 0 Å². The van der Waals surface area contributed by atoms with Gasteiger partial charge in [0.15, 0.2) is 17.5 Å². The maximum Gasteiger partial charge on any atom is 0.212 e. The molecule has 7 heteroatoms. The highest BCUT2D eigenvalue weighted by atomic mass is 79.9. The summed E-state index contributed by atoms with van der Waals surface area (Å²) < 4.78 is 40.9. The predicted molar refractivity (Wildman–Crippen MR) is 65.3 cm³/mol. The van der Waals surface area contributed by atoms with Gasteiger partial charge in [-0.25, -0.2) is 13.2 Å². The van der Waals surface area contributed by atoms with E-state index in [0.29, 0.717) is 23.2 Å².